The van der Waals surface area contributed by atoms with Crippen LogP contribution in [0.25, 0.3) is 0 Å². The van der Waals surface area contributed by atoms with Crippen molar-refractivity contribution in [3.63, 3.8) is 0 Å². The summed E-state index contributed by atoms with van der Waals surface area (Å²) in [5.74, 6) is -0.233. The minimum absolute atomic E-state index is 0.233. The largest absolute Gasteiger partial charge is 0.397 e. The second-order valence-electron chi connectivity index (χ2n) is 4.03. The lowest BCUT2D eigenvalue weighted by molar-refractivity contribution is 0.102. The molecule has 0 aliphatic carbocycles. The van der Waals surface area contributed by atoms with E-state index in [4.69, 9.17) is 5.73 Å². The molecule has 2 rings (SSSR count). The second kappa shape index (κ2) is 4.83. The van der Waals surface area contributed by atoms with Crippen LogP contribution < -0.4 is 11.1 Å². The first kappa shape index (κ1) is 12.0. The number of nitrogens with two attached hydrogens (primary N) is 1. The summed E-state index contributed by atoms with van der Waals surface area (Å²) < 4.78 is 0. The first-order chi connectivity index (χ1) is 8.58. The summed E-state index contributed by atoms with van der Waals surface area (Å²) >= 11 is 0. The Morgan fingerprint density at radius 2 is 1.94 bits per heavy atom. The van der Waals surface area contributed by atoms with Gasteiger partial charge in [-0.25, -0.2) is 0 Å². The van der Waals surface area contributed by atoms with Gasteiger partial charge in [-0.3, -0.25) is 4.79 Å². The monoisotopic (exact) mass is 242 g/mol. The molecule has 0 saturated heterocycles. The van der Waals surface area contributed by atoms with Crippen molar-refractivity contribution in [2.45, 2.75) is 13.8 Å². The summed E-state index contributed by atoms with van der Waals surface area (Å²) in [6, 6.07) is 8.82. The molecule has 1 aromatic heterocycles. The van der Waals surface area contributed by atoms with Crippen molar-refractivity contribution in [3.05, 3.63) is 47.3 Å². The number of aryl methyl sites for hydroxylation is 2. The number of hydrogen-bond donors (Lipinski definition) is 2. The molecule has 0 spiro atoms. The standard InChI is InChI=1S/C13H14N4O/c1-8-7-10(9(2)17-16-8)13(18)15-12-6-4-3-5-11(12)14/h3-7H,14H2,1-2H3,(H,15,18). The number of nitrogen functional groups attached to an aromatic ring is 1. The quantitative estimate of drug-likeness (QED) is 0.788. The number of anilines is 2. The maximum Gasteiger partial charge on any atom is 0.257 e. The highest BCUT2D eigenvalue weighted by Crippen LogP contribution is 2.18. The third kappa shape index (κ3) is 2.45. The number of nitrogens with zero attached hydrogens (tertiary/aromatic N) is 2. The summed E-state index contributed by atoms with van der Waals surface area (Å²) in [5.41, 5.74) is 8.69. The van der Waals surface area contributed by atoms with Crippen molar-refractivity contribution in [2.75, 3.05) is 11.1 Å². The first-order valence-electron chi connectivity index (χ1n) is 5.54. The number of carbonyl (C=O) groups excluding carboxylic acids is 1. The lowest BCUT2D eigenvalue weighted by atomic mass is 10.1. The second-order valence-corrected chi connectivity index (χ2v) is 4.03. The van der Waals surface area contributed by atoms with Gasteiger partial charge in [0.15, 0.2) is 0 Å². The van der Waals surface area contributed by atoms with Crippen molar-refractivity contribution >= 4 is 17.3 Å². The van der Waals surface area contributed by atoms with Gasteiger partial charge >= 0.3 is 0 Å². The number of nitrogens with one attached hydrogen (secondary N) is 1. The highest BCUT2D eigenvalue weighted by Gasteiger charge is 2.12. The Morgan fingerprint density at radius 1 is 1.22 bits per heavy atom. The van der Waals surface area contributed by atoms with Gasteiger partial charge in [-0.1, -0.05) is 12.1 Å². The molecule has 0 atom stereocenters. The molecular weight excluding hydrogens is 228 g/mol. The number of amides is 1. The Balaban J connectivity index is 2.28. The molecule has 5 nitrogen and oxygen atoms in total. The molecule has 3 N–H and O–H groups in total. The molecule has 0 radical (unpaired) electrons. The van der Waals surface area contributed by atoms with Crippen LogP contribution >= 0.6 is 0 Å². The van der Waals surface area contributed by atoms with Gasteiger partial charge in [0.05, 0.1) is 28.3 Å². The third-order valence-electron chi connectivity index (χ3n) is 2.55. The Labute approximate surface area is 105 Å². The van der Waals surface area contributed by atoms with Crippen molar-refractivity contribution < 1.29 is 4.79 Å². The van der Waals surface area contributed by atoms with Crippen LogP contribution in [-0.2, 0) is 0 Å². The molecule has 0 saturated carbocycles. The van der Waals surface area contributed by atoms with Crippen LogP contribution in [0.1, 0.15) is 21.7 Å². The summed E-state index contributed by atoms with van der Waals surface area (Å²) in [7, 11) is 0. The number of rotatable bonds is 2. The maximum atomic E-state index is 12.1. The van der Waals surface area contributed by atoms with Crippen molar-refractivity contribution in [3.8, 4) is 0 Å². The van der Waals surface area contributed by atoms with E-state index in [0.717, 1.165) is 0 Å². The summed E-state index contributed by atoms with van der Waals surface area (Å²) in [4.78, 5) is 12.1. The zero-order chi connectivity index (χ0) is 13.1. The van der Waals surface area contributed by atoms with Crippen LogP contribution in [-0.4, -0.2) is 16.1 Å². The van der Waals surface area contributed by atoms with E-state index in [2.05, 4.69) is 15.5 Å². The molecule has 92 valence electrons. The fourth-order valence-electron chi connectivity index (χ4n) is 1.58. The van der Waals surface area contributed by atoms with E-state index >= 15 is 0 Å². The number of aromatic nitrogens is 2. The molecule has 18 heavy (non-hydrogen) atoms. The van der Waals surface area contributed by atoms with Crippen LogP contribution in [0.3, 0.4) is 0 Å². The summed E-state index contributed by atoms with van der Waals surface area (Å²) in [6.45, 7) is 3.54. The molecule has 1 heterocycles. The highest BCUT2D eigenvalue weighted by atomic mass is 16.1. The topological polar surface area (TPSA) is 80.9 Å². The average molecular weight is 242 g/mol. The van der Waals surface area contributed by atoms with Gasteiger partial charge in [-0.15, -0.1) is 0 Å². The summed E-state index contributed by atoms with van der Waals surface area (Å²) in [5, 5.41) is 10.6. The van der Waals surface area contributed by atoms with Crippen molar-refractivity contribution in [2.24, 2.45) is 0 Å². The zero-order valence-electron chi connectivity index (χ0n) is 10.3. The van der Waals surface area contributed by atoms with E-state index in [1.165, 1.54) is 0 Å². The number of benzene rings is 1. The van der Waals surface area contributed by atoms with Crippen molar-refractivity contribution in [1.82, 2.24) is 10.2 Å². The van der Waals surface area contributed by atoms with Crippen molar-refractivity contribution in [1.29, 1.82) is 0 Å². The van der Waals surface area contributed by atoms with Gasteiger partial charge in [0.25, 0.3) is 5.91 Å². The van der Waals surface area contributed by atoms with Crippen LogP contribution in [0, 0.1) is 13.8 Å². The van der Waals surface area contributed by atoms with Crippen LogP contribution in [0.4, 0.5) is 11.4 Å². The fraction of sp³-hybridized carbons (Fsp3) is 0.154. The van der Waals surface area contributed by atoms with E-state index < -0.39 is 0 Å². The first-order valence-corrected chi connectivity index (χ1v) is 5.54. The molecule has 0 unspecified atom stereocenters. The predicted octanol–water partition coefficient (Wildman–Crippen LogP) is 1.93. The van der Waals surface area contributed by atoms with E-state index in [0.29, 0.717) is 28.3 Å². The number of para-hydroxylation sites is 2. The van der Waals surface area contributed by atoms with Crippen LogP contribution in [0.15, 0.2) is 30.3 Å². The number of carbonyl (C=O) groups is 1. The average Bonchev–Trinajstić information content (AvgIpc) is 2.35. The smallest absolute Gasteiger partial charge is 0.257 e. The summed E-state index contributed by atoms with van der Waals surface area (Å²) in [6.07, 6.45) is 0. The Bertz CT molecular complexity index is 595. The van der Waals surface area contributed by atoms with E-state index in [1.807, 2.05) is 12.1 Å². The molecule has 0 fully saturated rings. The minimum Gasteiger partial charge on any atom is -0.397 e. The van der Waals surface area contributed by atoms with Crippen LogP contribution in [0.2, 0.25) is 0 Å². The Hall–Kier alpha value is -2.43. The van der Waals surface area contributed by atoms with Gasteiger partial charge in [-0.2, -0.15) is 10.2 Å². The van der Waals surface area contributed by atoms with Gasteiger partial charge < -0.3 is 11.1 Å². The van der Waals surface area contributed by atoms with Gasteiger partial charge in [0, 0.05) is 0 Å². The Morgan fingerprint density at radius 3 is 2.67 bits per heavy atom. The van der Waals surface area contributed by atoms with E-state index in [9.17, 15) is 4.79 Å². The van der Waals surface area contributed by atoms with Gasteiger partial charge in [-0.05, 0) is 32.0 Å². The molecule has 1 aromatic carbocycles. The fourth-order valence-corrected chi connectivity index (χ4v) is 1.58. The SMILES string of the molecule is Cc1cc(C(=O)Nc2ccccc2N)c(C)nn1. The maximum absolute atomic E-state index is 12.1. The van der Waals surface area contributed by atoms with Gasteiger partial charge in [0.1, 0.15) is 0 Å². The highest BCUT2D eigenvalue weighted by molar-refractivity contribution is 6.06. The molecular formula is C13H14N4O. The molecule has 0 aliphatic heterocycles. The van der Waals surface area contributed by atoms with E-state index in [1.54, 1.807) is 32.0 Å². The molecule has 1 amide bonds. The number of hydrogen-bond acceptors (Lipinski definition) is 4. The zero-order valence-corrected chi connectivity index (χ0v) is 10.3. The normalized spacial score (nSPS) is 10.1. The lowest BCUT2D eigenvalue weighted by Crippen LogP contribution is -2.16. The van der Waals surface area contributed by atoms with Crippen LogP contribution in [0.5, 0.6) is 0 Å². The molecule has 5 heteroatoms. The molecule has 0 bridgehead atoms. The lowest BCUT2D eigenvalue weighted by Gasteiger charge is -2.09. The Kier molecular flexibility index (Phi) is 3.23. The van der Waals surface area contributed by atoms with Gasteiger partial charge in [0.2, 0.25) is 0 Å². The van der Waals surface area contributed by atoms with E-state index in [-0.39, 0.29) is 5.91 Å². The molecule has 0 aliphatic rings. The minimum atomic E-state index is -0.233. The molecule has 2 aromatic rings. The predicted molar refractivity (Wildman–Crippen MR) is 70.3 cm³/mol. The third-order valence-corrected chi connectivity index (χ3v) is 2.55.